The number of hydrogen-bond donors (Lipinski definition) is 2. The highest BCUT2D eigenvalue weighted by atomic mass is 16.5. The van der Waals surface area contributed by atoms with Gasteiger partial charge >= 0.3 is 0 Å². The van der Waals surface area contributed by atoms with Crippen LogP contribution >= 0.6 is 0 Å². The lowest BCUT2D eigenvalue weighted by Crippen LogP contribution is -2.40. The predicted octanol–water partition coefficient (Wildman–Crippen LogP) is 1.75. The lowest BCUT2D eigenvalue weighted by molar-refractivity contribution is -0.00165. The van der Waals surface area contributed by atoms with E-state index >= 15 is 0 Å². The molecule has 18 heavy (non-hydrogen) atoms. The number of ether oxygens (including phenoxy) is 1. The van der Waals surface area contributed by atoms with Gasteiger partial charge in [-0.25, -0.2) is 0 Å². The van der Waals surface area contributed by atoms with Gasteiger partial charge in [0.05, 0.1) is 6.10 Å². The van der Waals surface area contributed by atoms with Gasteiger partial charge in [-0.3, -0.25) is 4.98 Å². The number of nitrogens with one attached hydrogen (secondary N) is 1. The van der Waals surface area contributed by atoms with E-state index in [2.05, 4.69) is 10.3 Å². The largest absolute Gasteiger partial charge is 0.489 e. The first-order valence-electron chi connectivity index (χ1n) is 6.59. The second-order valence-electron chi connectivity index (χ2n) is 5.25. The molecule has 1 aliphatic rings. The van der Waals surface area contributed by atoms with Crippen LogP contribution in [0.1, 0.15) is 38.1 Å². The van der Waals surface area contributed by atoms with E-state index in [4.69, 9.17) is 4.74 Å². The van der Waals surface area contributed by atoms with Crippen molar-refractivity contribution in [3.8, 4) is 5.75 Å². The quantitative estimate of drug-likeness (QED) is 0.858. The number of piperidine rings is 1. The maximum Gasteiger partial charge on any atom is 0.144 e. The smallest absolute Gasteiger partial charge is 0.144 e. The molecule has 0 unspecified atom stereocenters. The van der Waals surface area contributed by atoms with Crippen LogP contribution in [0.4, 0.5) is 0 Å². The summed E-state index contributed by atoms with van der Waals surface area (Å²) in [7, 11) is 0. The molecule has 0 spiro atoms. The van der Waals surface area contributed by atoms with Gasteiger partial charge in [0.2, 0.25) is 0 Å². The summed E-state index contributed by atoms with van der Waals surface area (Å²) in [6.07, 6.45) is 1.44. The van der Waals surface area contributed by atoms with Gasteiger partial charge in [0.1, 0.15) is 17.0 Å². The number of nitrogens with zero attached hydrogens (tertiary/aromatic N) is 1. The minimum absolute atomic E-state index is 0.0820. The molecule has 1 aromatic heterocycles. The standard InChI is InChI=1S/C14H22N2O2/c1-10(2)18-12-5-4-11(3)16-13(12)14(17)6-8-15-9-7-14/h4-5,10,15,17H,6-9H2,1-3H3. The van der Waals surface area contributed by atoms with E-state index in [0.717, 1.165) is 18.8 Å². The van der Waals surface area contributed by atoms with E-state index in [9.17, 15) is 5.11 Å². The van der Waals surface area contributed by atoms with Crippen molar-refractivity contribution in [2.45, 2.75) is 45.3 Å². The summed E-state index contributed by atoms with van der Waals surface area (Å²) in [5.74, 6) is 0.708. The van der Waals surface area contributed by atoms with E-state index < -0.39 is 5.60 Å². The van der Waals surface area contributed by atoms with Crippen molar-refractivity contribution in [2.24, 2.45) is 0 Å². The first-order chi connectivity index (χ1) is 8.51. The first kappa shape index (κ1) is 13.3. The van der Waals surface area contributed by atoms with Gasteiger partial charge < -0.3 is 15.2 Å². The van der Waals surface area contributed by atoms with E-state index in [1.807, 2.05) is 32.9 Å². The third-order valence-corrected chi connectivity index (χ3v) is 3.23. The maximum absolute atomic E-state index is 10.8. The van der Waals surface area contributed by atoms with Gasteiger partial charge in [0.15, 0.2) is 0 Å². The fourth-order valence-electron chi connectivity index (χ4n) is 2.30. The summed E-state index contributed by atoms with van der Waals surface area (Å²) in [5.41, 5.74) is 0.743. The Morgan fingerprint density at radius 3 is 2.61 bits per heavy atom. The van der Waals surface area contributed by atoms with Crippen LogP contribution in [0.15, 0.2) is 12.1 Å². The van der Waals surface area contributed by atoms with Crippen LogP contribution in [0.3, 0.4) is 0 Å². The molecule has 0 atom stereocenters. The molecule has 2 N–H and O–H groups in total. The van der Waals surface area contributed by atoms with Gasteiger partial charge in [0, 0.05) is 5.69 Å². The first-order valence-corrected chi connectivity index (χ1v) is 6.59. The zero-order valence-electron chi connectivity index (χ0n) is 11.4. The van der Waals surface area contributed by atoms with Crippen molar-refractivity contribution < 1.29 is 9.84 Å². The number of aromatic nitrogens is 1. The van der Waals surface area contributed by atoms with E-state index in [0.29, 0.717) is 24.3 Å². The summed E-state index contributed by atoms with van der Waals surface area (Å²) in [6.45, 7) is 7.53. The Bertz CT molecular complexity index is 412. The van der Waals surface area contributed by atoms with Crippen LogP contribution in [0.5, 0.6) is 5.75 Å². The summed E-state index contributed by atoms with van der Waals surface area (Å²) >= 11 is 0. The molecule has 0 aromatic carbocycles. The average Bonchev–Trinajstić information content (AvgIpc) is 2.32. The molecule has 1 fully saturated rings. The van der Waals surface area contributed by atoms with Gasteiger partial charge in [-0.05, 0) is 58.8 Å². The lowest BCUT2D eigenvalue weighted by Gasteiger charge is -2.33. The Labute approximate surface area is 108 Å². The number of aryl methyl sites for hydroxylation is 1. The Balaban J connectivity index is 2.37. The lowest BCUT2D eigenvalue weighted by atomic mass is 9.88. The summed E-state index contributed by atoms with van der Waals surface area (Å²) in [4.78, 5) is 4.52. The Hall–Kier alpha value is -1.13. The van der Waals surface area contributed by atoms with E-state index in [-0.39, 0.29) is 6.10 Å². The molecule has 4 nitrogen and oxygen atoms in total. The molecular weight excluding hydrogens is 228 g/mol. The third kappa shape index (κ3) is 2.82. The van der Waals surface area contributed by atoms with Gasteiger partial charge in [0.25, 0.3) is 0 Å². The topological polar surface area (TPSA) is 54.4 Å². The Kier molecular flexibility index (Phi) is 3.88. The molecule has 2 rings (SSSR count). The van der Waals surface area contributed by atoms with Crippen LogP contribution in [0.25, 0.3) is 0 Å². The summed E-state index contributed by atoms with van der Waals surface area (Å²) in [6, 6.07) is 3.84. The zero-order chi connectivity index (χ0) is 13.2. The molecule has 0 radical (unpaired) electrons. The predicted molar refractivity (Wildman–Crippen MR) is 70.7 cm³/mol. The number of rotatable bonds is 3. The zero-order valence-corrected chi connectivity index (χ0v) is 11.4. The fraction of sp³-hybridized carbons (Fsp3) is 0.643. The van der Waals surface area contributed by atoms with Crippen LogP contribution in [0, 0.1) is 6.92 Å². The molecule has 0 bridgehead atoms. The van der Waals surface area contributed by atoms with Crippen molar-refractivity contribution in [3.63, 3.8) is 0 Å². The van der Waals surface area contributed by atoms with E-state index in [1.165, 1.54) is 0 Å². The molecule has 0 saturated carbocycles. The molecule has 0 amide bonds. The molecular formula is C14H22N2O2. The molecule has 1 saturated heterocycles. The van der Waals surface area contributed by atoms with Crippen LogP contribution < -0.4 is 10.1 Å². The number of pyridine rings is 1. The number of hydrogen-bond acceptors (Lipinski definition) is 4. The highest BCUT2D eigenvalue weighted by Crippen LogP contribution is 2.35. The van der Waals surface area contributed by atoms with Crippen LogP contribution in [0.2, 0.25) is 0 Å². The second-order valence-corrected chi connectivity index (χ2v) is 5.25. The minimum Gasteiger partial charge on any atom is -0.489 e. The monoisotopic (exact) mass is 250 g/mol. The molecule has 4 heteroatoms. The summed E-state index contributed by atoms with van der Waals surface area (Å²) < 4.78 is 5.78. The van der Waals surface area contributed by atoms with Crippen LogP contribution in [-0.2, 0) is 5.60 Å². The average molecular weight is 250 g/mol. The maximum atomic E-state index is 10.8. The molecule has 1 aliphatic heterocycles. The molecule has 2 heterocycles. The van der Waals surface area contributed by atoms with Crippen molar-refractivity contribution in [3.05, 3.63) is 23.5 Å². The van der Waals surface area contributed by atoms with Crippen molar-refractivity contribution in [1.82, 2.24) is 10.3 Å². The molecule has 1 aromatic rings. The summed E-state index contributed by atoms with van der Waals surface area (Å²) in [5, 5.41) is 14.0. The van der Waals surface area contributed by atoms with Gasteiger partial charge in [-0.1, -0.05) is 0 Å². The second kappa shape index (κ2) is 5.24. The Morgan fingerprint density at radius 2 is 2.00 bits per heavy atom. The normalized spacial score (nSPS) is 18.9. The highest BCUT2D eigenvalue weighted by molar-refractivity contribution is 5.34. The molecule has 0 aliphatic carbocycles. The van der Waals surface area contributed by atoms with Crippen molar-refractivity contribution in [2.75, 3.05) is 13.1 Å². The molecule has 100 valence electrons. The van der Waals surface area contributed by atoms with Crippen molar-refractivity contribution in [1.29, 1.82) is 0 Å². The van der Waals surface area contributed by atoms with Crippen LogP contribution in [-0.4, -0.2) is 29.3 Å². The Morgan fingerprint density at radius 1 is 1.33 bits per heavy atom. The fourth-order valence-corrected chi connectivity index (χ4v) is 2.30. The minimum atomic E-state index is -0.860. The van der Waals surface area contributed by atoms with Gasteiger partial charge in [-0.2, -0.15) is 0 Å². The van der Waals surface area contributed by atoms with E-state index in [1.54, 1.807) is 0 Å². The number of aliphatic hydroxyl groups is 1. The highest BCUT2D eigenvalue weighted by Gasteiger charge is 2.35. The SMILES string of the molecule is Cc1ccc(OC(C)C)c(C2(O)CCNCC2)n1. The van der Waals surface area contributed by atoms with Gasteiger partial charge in [-0.15, -0.1) is 0 Å². The third-order valence-electron chi connectivity index (χ3n) is 3.23. The van der Waals surface area contributed by atoms with Crippen molar-refractivity contribution >= 4 is 0 Å².